The lowest BCUT2D eigenvalue weighted by Gasteiger charge is -2.24. The van der Waals surface area contributed by atoms with Gasteiger partial charge >= 0.3 is 0 Å². The SMILES string of the molecule is Cn1cnc(N)c1S(=O)(=O)N1CCCC1c1ccccc1. The zero-order valence-electron chi connectivity index (χ0n) is 11.8. The summed E-state index contributed by atoms with van der Waals surface area (Å²) in [6.45, 7) is 0.506. The minimum absolute atomic E-state index is 0.0520. The van der Waals surface area contributed by atoms with Gasteiger partial charge in [-0.25, -0.2) is 13.4 Å². The molecule has 1 unspecified atom stereocenters. The maximum Gasteiger partial charge on any atom is 0.263 e. The molecule has 2 N–H and O–H groups in total. The number of nitrogens with two attached hydrogens (primary N) is 1. The predicted molar refractivity (Wildman–Crippen MR) is 79.9 cm³/mol. The van der Waals surface area contributed by atoms with Crippen LogP contribution in [0.15, 0.2) is 41.7 Å². The van der Waals surface area contributed by atoms with Crippen molar-refractivity contribution in [1.82, 2.24) is 13.9 Å². The van der Waals surface area contributed by atoms with Crippen molar-refractivity contribution in [3.8, 4) is 0 Å². The van der Waals surface area contributed by atoms with Crippen molar-refractivity contribution in [3.63, 3.8) is 0 Å². The Bertz CT molecular complexity index is 720. The van der Waals surface area contributed by atoms with Crippen LogP contribution in [0.3, 0.4) is 0 Å². The fourth-order valence-electron chi connectivity index (χ4n) is 2.90. The van der Waals surface area contributed by atoms with E-state index in [1.54, 1.807) is 7.05 Å². The molecule has 1 aliphatic rings. The number of aromatic nitrogens is 2. The zero-order valence-corrected chi connectivity index (χ0v) is 12.6. The molecule has 0 radical (unpaired) electrons. The van der Waals surface area contributed by atoms with Crippen LogP contribution in [0.2, 0.25) is 0 Å². The van der Waals surface area contributed by atoms with Gasteiger partial charge in [-0.2, -0.15) is 4.31 Å². The van der Waals surface area contributed by atoms with Crippen molar-refractivity contribution < 1.29 is 8.42 Å². The van der Waals surface area contributed by atoms with Crippen molar-refractivity contribution in [2.24, 2.45) is 7.05 Å². The molecular formula is C14H18N4O2S. The number of nitrogen functional groups attached to an aromatic ring is 1. The Hall–Kier alpha value is -1.86. The fourth-order valence-corrected chi connectivity index (χ4v) is 4.78. The summed E-state index contributed by atoms with van der Waals surface area (Å²) in [7, 11) is -2.00. The number of hydrogen-bond acceptors (Lipinski definition) is 4. The second-order valence-corrected chi connectivity index (χ2v) is 7.04. The van der Waals surface area contributed by atoms with Crippen LogP contribution in [0.5, 0.6) is 0 Å². The molecule has 1 aliphatic heterocycles. The van der Waals surface area contributed by atoms with Crippen molar-refractivity contribution in [2.75, 3.05) is 12.3 Å². The Morgan fingerprint density at radius 2 is 2.00 bits per heavy atom. The molecule has 2 aromatic rings. The number of imidazole rings is 1. The van der Waals surface area contributed by atoms with E-state index >= 15 is 0 Å². The molecule has 7 heteroatoms. The molecule has 1 aromatic heterocycles. The van der Waals surface area contributed by atoms with Gasteiger partial charge in [-0.05, 0) is 18.4 Å². The van der Waals surface area contributed by atoms with Gasteiger partial charge in [-0.3, -0.25) is 0 Å². The Kier molecular flexibility index (Phi) is 3.46. The quantitative estimate of drug-likeness (QED) is 0.932. The summed E-state index contributed by atoms with van der Waals surface area (Å²) in [5, 5.41) is 0.0744. The van der Waals surface area contributed by atoms with Crippen LogP contribution < -0.4 is 5.73 Å². The molecule has 112 valence electrons. The Balaban J connectivity index is 2.03. The molecule has 0 spiro atoms. The van der Waals surface area contributed by atoms with E-state index in [4.69, 9.17) is 5.73 Å². The maximum absolute atomic E-state index is 12.9. The number of rotatable bonds is 3. The van der Waals surface area contributed by atoms with E-state index in [0.717, 1.165) is 18.4 Å². The lowest BCUT2D eigenvalue weighted by molar-refractivity contribution is 0.393. The third-order valence-corrected chi connectivity index (χ3v) is 5.89. The Morgan fingerprint density at radius 3 is 2.62 bits per heavy atom. The standard InChI is InChI=1S/C14H18N4O2S/c1-17-10-16-13(15)14(17)21(19,20)18-9-5-8-12(18)11-6-3-2-4-7-11/h2-4,6-7,10,12H,5,8-9,15H2,1H3. The summed E-state index contributed by atoms with van der Waals surface area (Å²) in [6.07, 6.45) is 3.09. The molecule has 1 aromatic carbocycles. The molecule has 0 saturated carbocycles. The molecule has 0 aliphatic carbocycles. The normalized spacial score (nSPS) is 20.0. The number of aryl methyl sites for hydroxylation is 1. The number of hydrogen-bond donors (Lipinski definition) is 1. The minimum atomic E-state index is -3.65. The predicted octanol–water partition coefficient (Wildman–Crippen LogP) is 1.53. The highest BCUT2D eigenvalue weighted by atomic mass is 32.2. The first-order valence-corrected chi connectivity index (χ1v) is 8.29. The topological polar surface area (TPSA) is 81.2 Å². The summed E-state index contributed by atoms with van der Waals surface area (Å²) in [6, 6.07) is 9.57. The Labute approximate surface area is 124 Å². The van der Waals surface area contributed by atoms with Gasteiger partial charge in [0.15, 0.2) is 10.8 Å². The second-order valence-electron chi connectivity index (χ2n) is 5.23. The van der Waals surface area contributed by atoms with Gasteiger partial charge in [0, 0.05) is 13.6 Å². The lowest BCUT2D eigenvalue weighted by Crippen LogP contribution is -2.32. The molecule has 2 heterocycles. The monoisotopic (exact) mass is 306 g/mol. The summed E-state index contributed by atoms with van der Waals surface area (Å²) in [5.74, 6) is 0.0520. The first-order chi connectivity index (χ1) is 10.0. The minimum Gasteiger partial charge on any atom is -0.381 e. The van der Waals surface area contributed by atoms with E-state index in [1.165, 1.54) is 15.2 Å². The summed E-state index contributed by atoms with van der Waals surface area (Å²) < 4.78 is 28.8. The highest BCUT2D eigenvalue weighted by Crippen LogP contribution is 2.37. The number of sulfonamides is 1. The first kappa shape index (κ1) is 14.1. The van der Waals surface area contributed by atoms with Gasteiger partial charge in [-0.1, -0.05) is 30.3 Å². The molecular weight excluding hydrogens is 288 g/mol. The van der Waals surface area contributed by atoms with Crippen molar-refractivity contribution >= 4 is 15.8 Å². The average Bonchev–Trinajstić information content (AvgIpc) is 3.07. The summed E-state index contributed by atoms with van der Waals surface area (Å²) >= 11 is 0. The third-order valence-electron chi connectivity index (χ3n) is 3.85. The zero-order chi connectivity index (χ0) is 15.0. The molecule has 1 atom stereocenters. The van der Waals surface area contributed by atoms with Crippen LogP contribution in [0.4, 0.5) is 5.82 Å². The largest absolute Gasteiger partial charge is 0.381 e. The van der Waals surface area contributed by atoms with Gasteiger partial charge in [0.05, 0.1) is 12.4 Å². The summed E-state index contributed by atoms with van der Waals surface area (Å²) in [4.78, 5) is 3.89. The highest BCUT2D eigenvalue weighted by Gasteiger charge is 2.38. The molecule has 3 rings (SSSR count). The maximum atomic E-state index is 12.9. The lowest BCUT2D eigenvalue weighted by atomic mass is 10.1. The van der Waals surface area contributed by atoms with Crippen LogP contribution in [0.1, 0.15) is 24.4 Å². The van der Waals surface area contributed by atoms with E-state index < -0.39 is 10.0 Å². The van der Waals surface area contributed by atoms with Gasteiger partial charge in [-0.15, -0.1) is 0 Å². The molecule has 0 bridgehead atoms. The van der Waals surface area contributed by atoms with E-state index in [0.29, 0.717) is 6.54 Å². The van der Waals surface area contributed by atoms with E-state index in [-0.39, 0.29) is 16.9 Å². The third kappa shape index (κ3) is 2.32. The number of anilines is 1. The molecule has 6 nitrogen and oxygen atoms in total. The van der Waals surface area contributed by atoms with E-state index in [9.17, 15) is 8.42 Å². The van der Waals surface area contributed by atoms with Gasteiger partial charge in [0.2, 0.25) is 0 Å². The summed E-state index contributed by atoms with van der Waals surface area (Å²) in [5.41, 5.74) is 6.75. The van der Waals surface area contributed by atoms with Crippen LogP contribution in [-0.4, -0.2) is 28.8 Å². The van der Waals surface area contributed by atoms with E-state index in [1.807, 2.05) is 30.3 Å². The van der Waals surface area contributed by atoms with Crippen LogP contribution >= 0.6 is 0 Å². The number of nitrogens with zero attached hydrogens (tertiary/aromatic N) is 3. The molecule has 0 amide bonds. The highest BCUT2D eigenvalue weighted by molar-refractivity contribution is 7.89. The average molecular weight is 306 g/mol. The first-order valence-electron chi connectivity index (χ1n) is 6.85. The van der Waals surface area contributed by atoms with Gasteiger partial charge in [0.25, 0.3) is 10.0 Å². The fraction of sp³-hybridized carbons (Fsp3) is 0.357. The molecule has 1 fully saturated rings. The van der Waals surface area contributed by atoms with E-state index in [2.05, 4.69) is 4.98 Å². The van der Waals surface area contributed by atoms with Crippen LogP contribution in [-0.2, 0) is 17.1 Å². The smallest absolute Gasteiger partial charge is 0.263 e. The van der Waals surface area contributed by atoms with Crippen molar-refractivity contribution in [2.45, 2.75) is 23.9 Å². The van der Waals surface area contributed by atoms with Crippen molar-refractivity contribution in [1.29, 1.82) is 0 Å². The van der Waals surface area contributed by atoms with Gasteiger partial charge in [0.1, 0.15) is 0 Å². The molecule has 1 saturated heterocycles. The number of benzene rings is 1. The Morgan fingerprint density at radius 1 is 1.29 bits per heavy atom. The second kappa shape index (κ2) is 5.16. The van der Waals surface area contributed by atoms with Crippen molar-refractivity contribution in [3.05, 3.63) is 42.2 Å². The van der Waals surface area contributed by atoms with Gasteiger partial charge < -0.3 is 10.3 Å². The van der Waals surface area contributed by atoms with Crippen LogP contribution in [0, 0.1) is 0 Å². The molecule has 21 heavy (non-hydrogen) atoms. The van der Waals surface area contributed by atoms with Crippen LogP contribution in [0.25, 0.3) is 0 Å².